The van der Waals surface area contributed by atoms with E-state index in [1.807, 2.05) is 30.3 Å². The van der Waals surface area contributed by atoms with Crippen molar-refractivity contribution >= 4 is 40.1 Å². The molecule has 1 amide bonds. The molecule has 0 aliphatic carbocycles. The number of ether oxygens (including phenoxy) is 1. The summed E-state index contributed by atoms with van der Waals surface area (Å²) in [6.45, 7) is 3.65. The predicted molar refractivity (Wildman–Crippen MR) is 116 cm³/mol. The van der Waals surface area contributed by atoms with Crippen molar-refractivity contribution in [3.63, 3.8) is 0 Å². The summed E-state index contributed by atoms with van der Waals surface area (Å²) in [6.07, 6.45) is -0.0871. The quantitative estimate of drug-likeness (QED) is 0.312. The van der Waals surface area contributed by atoms with Gasteiger partial charge in [-0.3, -0.25) is 9.59 Å². The van der Waals surface area contributed by atoms with Crippen molar-refractivity contribution in [1.82, 2.24) is 15.0 Å². The first kappa shape index (κ1) is 21.7. The van der Waals surface area contributed by atoms with Gasteiger partial charge in [0.15, 0.2) is 10.3 Å². The molecule has 0 radical (unpaired) electrons. The van der Waals surface area contributed by atoms with Gasteiger partial charge in [-0.1, -0.05) is 53.4 Å². The highest BCUT2D eigenvalue weighted by Gasteiger charge is 2.18. The summed E-state index contributed by atoms with van der Waals surface area (Å²) in [6, 6.07) is 11.1. The molecule has 0 saturated heterocycles. The Morgan fingerprint density at radius 1 is 1.23 bits per heavy atom. The SMILES string of the molecule is CCOC(=O)c1sc(NC(=O)Cc2cc(=O)[nH]c(SCc3ccccc3)n2)nc1C. The van der Waals surface area contributed by atoms with Gasteiger partial charge in [0, 0.05) is 11.8 Å². The minimum absolute atomic E-state index is 0.0871. The number of rotatable bonds is 8. The van der Waals surface area contributed by atoms with Gasteiger partial charge in [-0.05, 0) is 19.4 Å². The highest BCUT2D eigenvalue weighted by molar-refractivity contribution is 7.98. The van der Waals surface area contributed by atoms with Crippen LogP contribution in [0.1, 0.15) is 33.5 Å². The van der Waals surface area contributed by atoms with Crippen LogP contribution in [0.25, 0.3) is 0 Å². The van der Waals surface area contributed by atoms with Gasteiger partial charge in [0.05, 0.1) is 24.4 Å². The van der Waals surface area contributed by atoms with Gasteiger partial charge in [0.1, 0.15) is 4.88 Å². The van der Waals surface area contributed by atoms with E-state index < -0.39 is 5.97 Å². The molecule has 0 spiro atoms. The average Bonchev–Trinajstić information content (AvgIpc) is 3.07. The summed E-state index contributed by atoms with van der Waals surface area (Å²) in [5.41, 5.74) is 1.62. The molecule has 2 heterocycles. The first-order chi connectivity index (χ1) is 14.4. The Morgan fingerprint density at radius 2 is 2.00 bits per heavy atom. The number of thiazole rings is 1. The van der Waals surface area contributed by atoms with E-state index in [0.717, 1.165) is 16.9 Å². The van der Waals surface area contributed by atoms with E-state index in [4.69, 9.17) is 4.74 Å². The van der Waals surface area contributed by atoms with Gasteiger partial charge in [-0.2, -0.15) is 0 Å². The van der Waals surface area contributed by atoms with Crippen molar-refractivity contribution in [1.29, 1.82) is 0 Å². The molecule has 3 aromatic rings. The predicted octanol–water partition coefficient (Wildman–Crippen LogP) is 3.19. The molecule has 0 saturated carbocycles. The zero-order valence-electron chi connectivity index (χ0n) is 16.4. The van der Waals surface area contributed by atoms with E-state index in [-0.39, 0.29) is 24.5 Å². The van der Waals surface area contributed by atoms with Crippen LogP contribution in [0.5, 0.6) is 0 Å². The van der Waals surface area contributed by atoms with Gasteiger partial charge in [-0.15, -0.1) is 0 Å². The zero-order valence-corrected chi connectivity index (χ0v) is 18.1. The molecule has 30 heavy (non-hydrogen) atoms. The van der Waals surface area contributed by atoms with Crippen molar-refractivity contribution in [2.75, 3.05) is 11.9 Å². The van der Waals surface area contributed by atoms with E-state index >= 15 is 0 Å². The number of aryl methyl sites for hydroxylation is 1. The minimum atomic E-state index is -0.468. The van der Waals surface area contributed by atoms with Crippen LogP contribution in [0.2, 0.25) is 0 Å². The van der Waals surface area contributed by atoms with Crippen LogP contribution in [0.15, 0.2) is 46.3 Å². The van der Waals surface area contributed by atoms with Gasteiger partial charge in [0.25, 0.3) is 5.56 Å². The number of H-pyrrole nitrogens is 1. The summed E-state index contributed by atoms with van der Waals surface area (Å²) in [4.78, 5) is 47.8. The Bertz CT molecular complexity index is 1100. The second-order valence-corrected chi connectivity index (χ2v) is 8.16. The number of hydrogen-bond acceptors (Lipinski definition) is 8. The van der Waals surface area contributed by atoms with Crippen molar-refractivity contribution in [3.05, 3.63) is 68.6 Å². The van der Waals surface area contributed by atoms with Crippen LogP contribution >= 0.6 is 23.1 Å². The van der Waals surface area contributed by atoms with Crippen molar-refractivity contribution in [3.8, 4) is 0 Å². The molecule has 2 N–H and O–H groups in total. The molecule has 0 bridgehead atoms. The molecule has 2 aromatic heterocycles. The molecule has 156 valence electrons. The van der Waals surface area contributed by atoms with Crippen LogP contribution in [-0.2, 0) is 21.7 Å². The third-order valence-electron chi connectivity index (χ3n) is 3.84. The molecule has 0 atom stereocenters. The fourth-order valence-electron chi connectivity index (χ4n) is 2.53. The summed E-state index contributed by atoms with van der Waals surface area (Å²) < 4.78 is 4.97. The monoisotopic (exact) mass is 444 g/mol. The van der Waals surface area contributed by atoms with Gasteiger partial charge < -0.3 is 15.0 Å². The number of nitrogens with zero attached hydrogens (tertiary/aromatic N) is 2. The molecular weight excluding hydrogens is 424 g/mol. The van der Waals surface area contributed by atoms with Crippen LogP contribution < -0.4 is 10.9 Å². The third-order valence-corrected chi connectivity index (χ3v) is 5.83. The van der Waals surface area contributed by atoms with E-state index in [1.165, 1.54) is 17.8 Å². The Kier molecular flexibility index (Phi) is 7.36. The maximum atomic E-state index is 12.4. The lowest BCUT2D eigenvalue weighted by molar-refractivity contribution is -0.115. The first-order valence-electron chi connectivity index (χ1n) is 9.16. The fourth-order valence-corrected chi connectivity index (χ4v) is 4.26. The van der Waals surface area contributed by atoms with Crippen molar-refractivity contribution in [2.45, 2.75) is 31.2 Å². The Balaban J connectivity index is 1.64. The summed E-state index contributed by atoms with van der Waals surface area (Å²) in [5.74, 6) is -0.199. The smallest absolute Gasteiger partial charge is 0.350 e. The Hall–Kier alpha value is -2.98. The number of amides is 1. The van der Waals surface area contributed by atoms with Crippen LogP contribution in [0.3, 0.4) is 0 Å². The number of carbonyl (C=O) groups is 2. The number of aromatic nitrogens is 3. The van der Waals surface area contributed by atoms with Crippen LogP contribution in [0, 0.1) is 6.92 Å². The van der Waals surface area contributed by atoms with E-state index in [1.54, 1.807) is 13.8 Å². The number of esters is 1. The molecular formula is C20H20N4O4S2. The first-order valence-corrected chi connectivity index (χ1v) is 11.0. The second kappa shape index (κ2) is 10.2. The zero-order chi connectivity index (χ0) is 21.5. The highest BCUT2D eigenvalue weighted by atomic mass is 32.2. The molecule has 1 aromatic carbocycles. The van der Waals surface area contributed by atoms with Gasteiger partial charge in [0.2, 0.25) is 5.91 Å². The number of thioether (sulfide) groups is 1. The number of hydrogen-bond donors (Lipinski definition) is 2. The molecule has 0 fully saturated rings. The lowest BCUT2D eigenvalue weighted by atomic mass is 10.2. The normalized spacial score (nSPS) is 10.6. The van der Waals surface area contributed by atoms with Crippen molar-refractivity contribution in [2.24, 2.45) is 0 Å². The topological polar surface area (TPSA) is 114 Å². The number of nitrogens with one attached hydrogen (secondary N) is 2. The molecule has 3 rings (SSSR count). The maximum absolute atomic E-state index is 12.4. The van der Waals surface area contributed by atoms with Gasteiger partial charge in [-0.25, -0.2) is 14.8 Å². The third kappa shape index (κ3) is 6.01. The Labute approximate surface area is 181 Å². The number of aromatic amines is 1. The van der Waals surface area contributed by atoms with Crippen LogP contribution in [0.4, 0.5) is 5.13 Å². The summed E-state index contributed by atoms with van der Waals surface area (Å²) in [5, 5.41) is 3.39. The lowest BCUT2D eigenvalue weighted by Gasteiger charge is -2.05. The van der Waals surface area contributed by atoms with Gasteiger partial charge >= 0.3 is 5.97 Å². The van der Waals surface area contributed by atoms with E-state index in [9.17, 15) is 14.4 Å². The number of benzene rings is 1. The molecule has 0 aliphatic rings. The second-order valence-electron chi connectivity index (χ2n) is 6.20. The highest BCUT2D eigenvalue weighted by Crippen LogP contribution is 2.23. The summed E-state index contributed by atoms with van der Waals surface area (Å²) >= 11 is 2.43. The van der Waals surface area contributed by atoms with E-state index in [0.29, 0.717) is 32.3 Å². The molecule has 10 heteroatoms. The number of anilines is 1. The fraction of sp³-hybridized carbons (Fsp3) is 0.250. The standard InChI is InChI=1S/C20H20N4O4S2/c1-3-28-18(27)17-12(2)21-20(30-17)24-16(26)10-14-9-15(25)23-19(22-14)29-11-13-7-5-4-6-8-13/h4-9H,3,10-11H2,1-2H3,(H,21,24,26)(H,22,23,25). The van der Waals surface area contributed by atoms with Crippen LogP contribution in [-0.4, -0.2) is 33.4 Å². The average molecular weight is 445 g/mol. The number of carbonyl (C=O) groups excluding carboxylic acids is 2. The molecule has 0 unspecified atom stereocenters. The minimum Gasteiger partial charge on any atom is -0.462 e. The molecule has 0 aliphatic heterocycles. The largest absolute Gasteiger partial charge is 0.462 e. The Morgan fingerprint density at radius 3 is 2.73 bits per heavy atom. The van der Waals surface area contributed by atoms with E-state index in [2.05, 4.69) is 20.3 Å². The molecule has 8 nitrogen and oxygen atoms in total. The van der Waals surface area contributed by atoms with Crippen molar-refractivity contribution < 1.29 is 14.3 Å². The summed E-state index contributed by atoms with van der Waals surface area (Å²) in [7, 11) is 0. The maximum Gasteiger partial charge on any atom is 0.350 e. The lowest BCUT2D eigenvalue weighted by Crippen LogP contribution is -2.18.